The van der Waals surface area contributed by atoms with Gasteiger partial charge in [-0.2, -0.15) is 0 Å². The molecule has 0 radical (unpaired) electrons. The average Bonchev–Trinajstić information content (AvgIpc) is 2.74. The Balaban J connectivity index is 2.36. The van der Waals surface area contributed by atoms with Crippen molar-refractivity contribution in [3.05, 3.63) is 53.1 Å². The third kappa shape index (κ3) is 1.38. The number of aromatic nitrogens is 1. The zero-order chi connectivity index (χ0) is 13.7. The molecular weight excluding hydrogens is 246 g/mol. The first kappa shape index (κ1) is 11.4. The van der Waals surface area contributed by atoms with E-state index in [1.54, 1.807) is 6.07 Å². The SMILES string of the molecule is C=C1[O+]=C2C(=O)c3ncccc3C(=O)C2=C1C(C)=O. The molecule has 19 heavy (non-hydrogen) atoms. The highest BCUT2D eigenvalue weighted by Crippen LogP contribution is 2.31. The van der Waals surface area contributed by atoms with E-state index in [1.165, 1.54) is 19.2 Å². The summed E-state index contributed by atoms with van der Waals surface area (Å²) in [5, 5.41) is 0. The van der Waals surface area contributed by atoms with E-state index in [0.29, 0.717) is 0 Å². The van der Waals surface area contributed by atoms with Gasteiger partial charge in [-0.15, -0.1) is 0 Å². The maximum atomic E-state index is 12.4. The maximum Gasteiger partial charge on any atom is 0.414 e. The minimum Gasteiger partial charge on any atom is -0.294 e. The minimum atomic E-state index is -0.498. The Kier molecular flexibility index (Phi) is 2.19. The van der Waals surface area contributed by atoms with Crippen LogP contribution in [0.5, 0.6) is 0 Å². The Labute approximate surface area is 108 Å². The normalized spacial score (nSPS) is 17.3. The van der Waals surface area contributed by atoms with Gasteiger partial charge in [0.25, 0.3) is 0 Å². The number of hydrogen-bond acceptors (Lipinski definition) is 4. The molecule has 5 heteroatoms. The van der Waals surface area contributed by atoms with Crippen molar-refractivity contribution in [3.8, 4) is 0 Å². The summed E-state index contributed by atoms with van der Waals surface area (Å²) in [5.41, 5.74) is 0.304. The summed E-state index contributed by atoms with van der Waals surface area (Å²) in [4.78, 5) is 40.0. The Bertz CT molecular complexity index is 752. The van der Waals surface area contributed by atoms with Crippen LogP contribution in [0.1, 0.15) is 27.8 Å². The largest absolute Gasteiger partial charge is 0.414 e. The topological polar surface area (TPSA) is 75.4 Å². The van der Waals surface area contributed by atoms with E-state index in [-0.39, 0.29) is 39.7 Å². The molecule has 0 spiro atoms. The lowest BCUT2D eigenvalue weighted by molar-refractivity contribution is -0.385. The number of nitrogens with zero attached hydrogens (tertiary/aromatic N) is 1. The molecule has 1 aromatic rings. The van der Waals surface area contributed by atoms with Crippen molar-refractivity contribution >= 4 is 23.1 Å². The van der Waals surface area contributed by atoms with Gasteiger partial charge in [0.05, 0.1) is 5.56 Å². The molecule has 0 bridgehead atoms. The Hall–Kier alpha value is -2.69. The van der Waals surface area contributed by atoms with Crippen molar-refractivity contribution in [2.45, 2.75) is 6.92 Å². The van der Waals surface area contributed by atoms with Crippen LogP contribution < -0.4 is 0 Å². The van der Waals surface area contributed by atoms with E-state index in [4.69, 9.17) is 4.42 Å². The number of Topliss-reactive ketones (excluding diaryl/α,β-unsaturated/α-hetero) is 3. The van der Waals surface area contributed by atoms with Crippen LogP contribution in [0, 0.1) is 0 Å². The van der Waals surface area contributed by atoms with Gasteiger partial charge in [-0.1, -0.05) is 0 Å². The minimum absolute atomic E-state index is 0.00278. The Morgan fingerprint density at radius 1 is 1.32 bits per heavy atom. The summed E-state index contributed by atoms with van der Waals surface area (Å²) in [5.74, 6) is -1.40. The van der Waals surface area contributed by atoms with Crippen LogP contribution in [0.25, 0.3) is 0 Å². The van der Waals surface area contributed by atoms with Crippen molar-refractivity contribution in [2.75, 3.05) is 0 Å². The highest BCUT2D eigenvalue weighted by molar-refractivity contribution is 6.60. The number of carbonyl (C=O) groups is 3. The van der Waals surface area contributed by atoms with Gasteiger partial charge in [-0.25, -0.2) is 4.42 Å². The Morgan fingerprint density at radius 2 is 2.05 bits per heavy atom. The van der Waals surface area contributed by atoms with Crippen molar-refractivity contribution in [2.24, 2.45) is 0 Å². The molecule has 3 rings (SSSR count). The summed E-state index contributed by atoms with van der Waals surface area (Å²) in [6.45, 7) is 4.87. The molecule has 92 valence electrons. The van der Waals surface area contributed by atoms with Crippen molar-refractivity contribution in [3.63, 3.8) is 0 Å². The molecule has 0 fully saturated rings. The van der Waals surface area contributed by atoms with E-state index in [2.05, 4.69) is 11.6 Å². The van der Waals surface area contributed by atoms with E-state index in [1.807, 2.05) is 0 Å². The number of carbonyl (C=O) groups excluding carboxylic acids is 4. The number of pyridine rings is 1. The van der Waals surface area contributed by atoms with Crippen molar-refractivity contribution < 1.29 is 18.8 Å². The van der Waals surface area contributed by atoms with Crippen LogP contribution in [0.15, 0.2) is 41.8 Å². The fraction of sp³-hybridized carbons (Fsp3) is 0.0714. The summed E-state index contributed by atoms with van der Waals surface area (Å²) in [6.07, 6.45) is 1.43. The number of ketones is 4. The van der Waals surface area contributed by atoms with Gasteiger partial charge in [0.2, 0.25) is 5.78 Å². The zero-order valence-corrected chi connectivity index (χ0v) is 10.0. The highest BCUT2D eigenvalue weighted by Gasteiger charge is 2.51. The van der Waals surface area contributed by atoms with Gasteiger partial charge in [0, 0.05) is 12.8 Å². The molecule has 0 aromatic carbocycles. The van der Waals surface area contributed by atoms with Crippen LogP contribution >= 0.6 is 0 Å². The molecule has 0 saturated heterocycles. The lowest BCUT2D eigenvalue weighted by atomic mass is 9.85. The van der Waals surface area contributed by atoms with Crippen LogP contribution in [-0.4, -0.2) is 28.1 Å². The fourth-order valence-electron chi connectivity index (χ4n) is 2.24. The Morgan fingerprint density at radius 3 is 2.74 bits per heavy atom. The molecule has 0 N–H and O–H groups in total. The summed E-state index contributed by atoms with van der Waals surface area (Å²) in [6, 6.07) is 3.07. The molecule has 0 unspecified atom stereocenters. The first-order chi connectivity index (χ1) is 9.02. The van der Waals surface area contributed by atoms with Gasteiger partial charge in [0.1, 0.15) is 11.3 Å². The number of rotatable bonds is 1. The predicted octanol–water partition coefficient (Wildman–Crippen LogP) is 0.978. The van der Waals surface area contributed by atoms with Crippen molar-refractivity contribution in [1.82, 2.24) is 4.98 Å². The third-order valence-electron chi connectivity index (χ3n) is 3.03. The molecule has 0 amide bonds. The molecule has 5 nitrogen and oxygen atoms in total. The third-order valence-corrected chi connectivity index (χ3v) is 3.03. The van der Waals surface area contributed by atoms with E-state index >= 15 is 0 Å². The van der Waals surface area contributed by atoms with Gasteiger partial charge in [-0.05, 0) is 19.1 Å². The second-order valence-corrected chi connectivity index (χ2v) is 4.22. The van der Waals surface area contributed by atoms with Crippen LogP contribution in [0.2, 0.25) is 0 Å². The smallest absolute Gasteiger partial charge is 0.294 e. The van der Waals surface area contributed by atoms with Gasteiger partial charge in [-0.3, -0.25) is 19.4 Å². The second-order valence-electron chi connectivity index (χ2n) is 4.22. The standard InChI is InChI=1S/C14H8NO4/c1-6(16)9-7(2)19-14-10(9)12(17)8-4-3-5-15-11(8)13(14)18/h3-5H,2H2,1H3/q+1. The molecule has 0 saturated carbocycles. The summed E-state index contributed by atoms with van der Waals surface area (Å²) in [7, 11) is 0. The summed E-state index contributed by atoms with van der Waals surface area (Å²) < 4.78 is 5.20. The lowest BCUT2D eigenvalue weighted by Crippen LogP contribution is -2.31. The molecule has 2 heterocycles. The molecule has 2 aliphatic rings. The predicted molar refractivity (Wildman–Crippen MR) is 64.8 cm³/mol. The quantitative estimate of drug-likeness (QED) is 0.425. The van der Waals surface area contributed by atoms with Gasteiger partial charge >= 0.3 is 17.3 Å². The van der Waals surface area contributed by atoms with E-state index < -0.39 is 11.6 Å². The van der Waals surface area contributed by atoms with Gasteiger partial charge < -0.3 is 0 Å². The number of allylic oxidation sites excluding steroid dienone is 2. The maximum absolute atomic E-state index is 12.4. The van der Waals surface area contributed by atoms with Crippen LogP contribution in [0.4, 0.5) is 0 Å². The molecule has 1 aliphatic heterocycles. The monoisotopic (exact) mass is 254 g/mol. The summed E-state index contributed by atoms with van der Waals surface area (Å²) >= 11 is 0. The first-order valence-electron chi connectivity index (χ1n) is 5.56. The molecule has 0 atom stereocenters. The number of hydrogen-bond donors (Lipinski definition) is 0. The lowest BCUT2D eigenvalue weighted by Gasteiger charge is -2.09. The average molecular weight is 254 g/mol. The molecule has 1 aliphatic carbocycles. The van der Waals surface area contributed by atoms with Crippen LogP contribution in [-0.2, 0) is 9.22 Å². The van der Waals surface area contributed by atoms with Gasteiger partial charge in [0.15, 0.2) is 11.4 Å². The fourth-order valence-corrected chi connectivity index (χ4v) is 2.24. The second kappa shape index (κ2) is 3.65. The highest BCUT2D eigenvalue weighted by atomic mass is 16.4. The van der Waals surface area contributed by atoms with Crippen molar-refractivity contribution in [1.29, 1.82) is 0 Å². The molecular formula is C14H8NO4+. The first-order valence-corrected chi connectivity index (χ1v) is 5.56. The van der Waals surface area contributed by atoms with Crippen LogP contribution in [0.3, 0.4) is 0 Å². The van der Waals surface area contributed by atoms with E-state index in [0.717, 1.165) is 0 Å². The number of fused-ring (bicyclic) bond motifs is 2. The molecule has 1 aromatic heterocycles. The van der Waals surface area contributed by atoms with E-state index in [9.17, 15) is 14.4 Å². The zero-order valence-electron chi connectivity index (χ0n) is 10.0.